The van der Waals surface area contributed by atoms with Gasteiger partial charge in [0.25, 0.3) is 0 Å². The smallest absolute Gasteiger partial charge is 0.242 e. The van der Waals surface area contributed by atoms with Crippen molar-refractivity contribution < 1.29 is 4.74 Å². The SMILES string of the molecule is CCC(C)c1ccccc1Oc1nc(Cl)ncc1Cl. The Morgan fingerprint density at radius 3 is 2.74 bits per heavy atom. The van der Waals surface area contributed by atoms with E-state index in [2.05, 4.69) is 23.8 Å². The molecule has 0 saturated heterocycles. The highest BCUT2D eigenvalue weighted by Gasteiger charge is 2.13. The molecule has 0 bridgehead atoms. The summed E-state index contributed by atoms with van der Waals surface area (Å²) in [6, 6.07) is 7.84. The van der Waals surface area contributed by atoms with Gasteiger partial charge in [-0.3, -0.25) is 0 Å². The summed E-state index contributed by atoms with van der Waals surface area (Å²) in [5.74, 6) is 1.42. The minimum Gasteiger partial charge on any atom is -0.437 e. The molecule has 2 aromatic rings. The largest absolute Gasteiger partial charge is 0.437 e. The average Bonchev–Trinajstić information content (AvgIpc) is 2.42. The van der Waals surface area contributed by atoms with Crippen LogP contribution in [0.4, 0.5) is 0 Å². The maximum Gasteiger partial charge on any atom is 0.242 e. The fourth-order valence-electron chi connectivity index (χ4n) is 1.71. The lowest BCUT2D eigenvalue weighted by molar-refractivity contribution is 0.451. The zero-order valence-electron chi connectivity index (χ0n) is 10.7. The Morgan fingerprint density at radius 1 is 1.26 bits per heavy atom. The summed E-state index contributed by atoms with van der Waals surface area (Å²) < 4.78 is 5.78. The van der Waals surface area contributed by atoms with E-state index in [0.29, 0.717) is 10.9 Å². The van der Waals surface area contributed by atoms with Gasteiger partial charge in [-0.1, -0.05) is 43.6 Å². The number of ether oxygens (including phenoxy) is 1. The second-order valence-electron chi connectivity index (χ2n) is 4.24. The Hall–Kier alpha value is -1.32. The molecule has 0 fully saturated rings. The van der Waals surface area contributed by atoms with Crippen molar-refractivity contribution in [3.05, 3.63) is 46.3 Å². The first kappa shape index (κ1) is 14.1. The van der Waals surface area contributed by atoms with Gasteiger partial charge in [-0.05, 0) is 35.6 Å². The standard InChI is InChI=1S/C14H14Cl2N2O/c1-3-9(2)10-6-4-5-7-12(10)19-13-11(15)8-17-14(16)18-13/h4-9H,3H2,1-2H3. The maximum atomic E-state index is 6.00. The Morgan fingerprint density at radius 2 is 2.00 bits per heavy atom. The van der Waals surface area contributed by atoms with E-state index in [1.54, 1.807) is 0 Å². The molecule has 3 nitrogen and oxygen atoms in total. The highest BCUT2D eigenvalue weighted by atomic mass is 35.5. The van der Waals surface area contributed by atoms with Crippen LogP contribution < -0.4 is 4.74 Å². The van der Waals surface area contributed by atoms with E-state index in [4.69, 9.17) is 27.9 Å². The van der Waals surface area contributed by atoms with Crippen LogP contribution in [0.5, 0.6) is 11.6 Å². The first-order valence-electron chi connectivity index (χ1n) is 6.06. The fourth-order valence-corrected chi connectivity index (χ4v) is 1.96. The molecule has 0 radical (unpaired) electrons. The molecule has 0 N–H and O–H groups in total. The second kappa shape index (κ2) is 6.22. The molecule has 2 rings (SSSR count). The zero-order chi connectivity index (χ0) is 13.8. The van der Waals surface area contributed by atoms with Crippen LogP contribution in [0.1, 0.15) is 31.7 Å². The van der Waals surface area contributed by atoms with Crippen molar-refractivity contribution in [1.82, 2.24) is 9.97 Å². The average molecular weight is 297 g/mol. The quantitative estimate of drug-likeness (QED) is 0.737. The van der Waals surface area contributed by atoms with Crippen molar-refractivity contribution in [3.8, 4) is 11.6 Å². The summed E-state index contributed by atoms with van der Waals surface area (Å²) in [4.78, 5) is 7.79. The number of rotatable bonds is 4. The van der Waals surface area contributed by atoms with Crippen LogP contribution in [0.15, 0.2) is 30.5 Å². The highest BCUT2D eigenvalue weighted by molar-refractivity contribution is 6.32. The summed E-state index contributed by atoms with van der Waals surface area (Å²) in [7, 11) is 0. The van der Waals surface area contributed by atoms with Gasteiger partial charge in [0, 0.05) is 0 Å². The summed E-state index contributed by atoms with van der Waals surface area (Å²) in [5.41, 5.74) is 1.12. The molecular weight excluding hydrogens is 283 g/mol. The Labute approximate surface area is 122 Å². The monoisotopic (exact) mass is 296 g/mol. The van der Waals surface area contributed by atoms with E-state index in [-0.39, 0.29) is 11.2 Å². The van der Waals surface area contributed by atoms with Crippen LogP contribution in [0.25, 0.3) is 0 Å². The van der Waals surface area contributed by atoms with E-state index in [9.17, 15) is 0 Å². The predicted molar refractivity (Wildman–Crippen MR) is 77.3 cm³/mol. The molecule has 0 aliphatic carbocycles. The van der Waals surface area contributed by atoms with Crippen LogP contribution in [0.2, 0.25) is 10.3 Å². The third kappa shape index (κ3) is 3.37. The molecule has 0 saturated carbocycles. The number of nitrogens with zero attached hydrogens (tertiary/aromatic N) is 2. The van der Waals surface area contributed by atoms with Gasteiger partial charge in [-0.15, -0.1) is 0 Å². The van der Waals surface area contributed by atoms with E-state index in [0.717, 1.165) is 17.7 Å². The zero-order valence-corrected chi connectivity index (χ0v) is 12.2. The van der Waals surface area contributed by atoms with Gasteiger partial charge in [0.1, 0.15) is 10.8 Å². The summed E-state index contributed by atoms with van der Waals surface area (Å²) in [5, 5.41) is 0.448. The number of hydrogen-bond acceptors (Lipinski definition) is 3. The van der Waals surface area contributed by atoms with Crippen molar-refractivity contribution >= 4 is 23.2 Å². The topological polar surface area (TPSA) is 35.0 Å². The van der Waals surface area contributed by atoms with Gasteiger partial charge in [-0.25, -0.2) is 4.98 Å². The van der Waals surface area contributed by atoms with Crippen LogP contribution in [0, 0.1) is 0 Å². The second-order valence-corrected chi connectivity index (χ2v) is 4.99. The van der Waals surface area contributed by atoms with Crippen molar-refractivity contribution in [1.29, 1.82) is 0 Å². The minimum absolute atomic E-state index is 0.112. The van der Waals surface area contributed by atoms with Crippen molar-refractivity contribution in [3.63, 3.8) is 0 Å². The first-order valence-corrected chi connectivity index (χ1v) is 6.82. The predicted octanol–water partition coefficient (Wildman–Crippen LogP) is 5.09. The summed E-state index contributed by atoms with van der Waals surface area (Å²) in [6.45, 7) is 4.28. The van der Waals surface area contributed by atoms with E-state index >= 15 is 0 Å². The third-order valence-corrected chi connectivity index (χ3v) is 3.39. The normalized spacial score (nSPS) is 12.2. The molecule has 0 amide bonds. The molecular formula is C14H14Cl2N2O. The highest BCUT2D eigenvalue weighted by Crippen LogP contribution is 2.33. The first-order chi connectivity index (χ1) is 9.11. The number of hydrogen-bond donors (Lipinski definition) is 0. The van der Waals surface area contributed by atoms with E-state index in [1.807, 2.05) is 24.3 Å². The lowest BCUT2D eigenvalue weighted by Crippen LogP contribution is -1.98. The number of aromatic nitrogens is 2. The lowest BCUT2D eigenvalue weighted by Gasteiger charge is -2.15. The fraction of sp³-hybridized carbons (Fsp3) is 0.286. The molecule has 0 aliphatic rings. The van der Waals surface area contributed by atoms with Gasteiger partial charge in [0.15, 0.2) is 0 Å². The molecule has 1 atom stereocenters. The Kier molecular flexibility index (Phi) is 4.61. The van der Waals surface area contributed by atoms with E-state index < -0.39 is 0 Å². The van der Waals surface area contributed by atoms with Crippen LogP contribution in [-0.2, 0) is 0 Å². The Balaban J connectivity index is 2.35. The molecule has 5 heteroatoms. The molecule has 1 unspecified atom stereocenters. The molecule has 1 aromatic carbocycles. The third-order valence-electron chi connectivity index (χ3n) is 2.95. The molecule has 0 spiro atoms. The summed E-state index contributed by atoms with van der Waals surface area (Å²) >= 11 is 11.8. The number of para-hydroxylation sites is 1. The molecule has 19 heavy (non-hydrogen) atoms. The minimum atomic E-state index is 0.112. The lowest BCUT2D eigenvalue weighted by atomic mass is 9.98. The van der Waals surface area contributed by atoms with Gasteiger partial charge in [0.2, 0.25) is 11.2 Å². The Bertz CT molecular complexity index is 575. The summed E-state index contributed by atoms with van der Waals surface area (Å²) in [6.07, 6.45) is 2.46. The van der Waals surface area contributed by atoms with Gasteiger partial charge < -0.3 is 4.74 Å². The van der Waals surface area contributed by atoms with Crippen molar-refractivity contribution in [2.45, 2.75) is 26.2 Å². The number of halogens is 2. The van der Waals surface area contributed by atoms with Crippen molar-refractivity contribution in [2.24, 2.45) is 0 Å². The van der Waals surface area contributed by atoms with Crippen LogP contribution >= 0.6 is 23.2 Å². The van der Waals surface area contributed by atoms with Gasteiger partial charge in [0.05, 0.1) is 6.20 Å². The van der Waals surface area contributed by atoms with Crippen molar-refractivity contribution in [2.75, 3.05) is 0 Å². The van der Waals surface area contributed by atoms with Gasteiger partial charge in [-0.2, -0.15) is 4.98 Å². The molecule has 100 valence electrons. The van der Waals surface area contributed by atoms with Crippen LogP contribution in [0.3, 0.4) is 0 Å². The van der Waals surface area contributed by atoms with E-state index in [1.165, 1.54) is 6.20 Å². The molecule has 1 aromatic heterocycles. The van der Waals surface area contributed by atoms with Crippen LogP contribution in [-0.4, -0.2) is 9.97 Å². The number of benzene rings is 1. The molecule has 1 heterocycles. The maximum absolute atomic E-state index is 6.00. The molecule has 0 aliphatic heterocycles. The van der Waals surface area contributed by atoms with Gasteiger partial charge >= 0.3 is 0 Å².